The van der Waals surface area contributed by atoms with Gasteiger partial charge in [0.25, 0.3) is 0 Å². The van der Waals surface area contributed by atoms with Crippen LogP contribution in [0.25, 0.3) is 0 Å². The average Bonchev–Trinajstić information content (AvgIpc) is 2.66. The molecular formula is C10H17N3O2. The van der Waals surface area contributed by atoms with Crippen LogP contribution in [0, 0.1) is 0 Å². The quantitative estimate of drug-likeness (QED) is 0.814. The Kier molecular flexibility index (Phi) is 3.20. The summed E-state index contributed by atoms with van der Waals surface area (Å²) in [4.78, 5) is 11.5. The first-order chi connectivity index (χ1) is 7.33. The van der Waals surface area contributed by atoms with E-state index in [1.165, 1.54) is 0 Å². The summed E-state index contributed by atoms with van der Waals surface area (Å²) in [6.45, 7) is 2.95. The zero-order valence-electron chi connectivity index (χ0n) is 8.98. The Morgan fingerprint density at radius 3 is 3.27 bits per heavy atom. The molecule has 0 amide bonds. The van der Waals surface area contributed by atoms with Crippen molar-refractivity contribution in [1.29, 1.82) is 0 Å². The monoisotopic (exact) mass is 211 g/mol. The normalized spacial score (nSPS) is 26.7. The highest BCUT2D eigenvalue weighted by atomic mass is 16.5. The van der Waals surface area contributed by atoms with Crippen molar-refractivity contribution in [3.05, 3.63) is 16.8 Å². The van der Waals surface area contributed by atoms with Gasteiger partial charge in [-0.15, -0.1) is 0 Å². The largest absolute Gasteiger partial charge is 0.376 e. The highest BCUT2D eigenvalue weighted by Gasteiger charge is 2.27. The molecule has 0 bridgehead atoms. The standard InChI is InChI=1S/C10H17N3O2/c1-2-4-9-8(5-3-6-15-9)13-7-11-12-10(13)14/h7-9H,2-6H2,1H3,(H,12,14). The molecule has 5 heteroatoms. The van der Waals surface area contributed by atoms with Crippen molar-refractivity contribution in [2.45, 2.75) is 44.8 Å². The van der Waals surface area contributed by atoms with E-state index in [0.717, 1.165) is 32.3 Å². The van der Waals surface area contributed by atoms with E-state index >= 15 is 0 Å². The number of hydrogen-bond donors (Lipinski definition) is 1. The smallest absolute Gasteiger partial charge is 0.343 e. The van der Waals surface area contributed by atoms with E-state index in [9.17, 15) is 4.79 Å². The van der Waals surface area contributed by atoms with E-state index in [-0.39, 0.29) is 17.8 Å². The number of H-pyrrole nitrogens is 1. The van der Waals surface area contributed by atoms with Crippen molar-refractivity contribution in [2.75, 3.05) is 6.61 Å². The number of nitrogens with zero attached hydrogens (tertiary/aromatic N) is 2. The van der Waals surface area contributed by atoms with Crippen molar-refractivity contribution < 1.29 is 4.74 Å². The van der Waals surface area contributed by atoms with E-state index in [1.54, 1.807) is 10.9 Å². The molecule has 1 aliphatic heterocycles. The third-order valence-corrected chi connectivity index (χ3v) is 2.91. The Labute approximate surface area is 88.4 Å². The van der Waals surface area contributed by atoms with Gasteiger partial charge in [-0.2, -0.15) is 5.10 Å². The van der Waals surface area contributed by atoms with Gasteiger partial charge in [0, 0.05) is 6.61 Å². The molecule has 2 rings (SSSR count). The molecule has 15 heavy (non-hydrogen) atoms. The first kappa shape index (κ1) is 10.4. The molecule has 1 saturated heterocycles. The van der Waals surface area contributed by atoms with Gasteiger partial charge in [0.1, 0.15) is 6.33 Å². The first-order valence-electron chi connectivity index (χ1n) is 5.56. The molecule has 1 aromatic rings. The predicted molar refractivity (Wildman–Crippen MR) is 55.8 cm³/mol. The van der Waals surface area contributed by atoms with Crippen LogP contribution in [-0.2, 0) is 4.74 Å². The second-order valence-corrected chi connectivity index (χ2v) is 3.98. The molecule has 2 atom stereocenters. The summed E-state index contributed by atoms with van der Waals surface area (Å²) in [5, 5.41) is 6.19. The van der Waals surface area contributed by atoms with Gasteiger partial charge in [0.2, 0.25) is 0 Å². The maximum Gasteiger partial charge on any atom is 0.343 e. The van der Waals surface area contributed by atoms with Gasteiger partial charge in [-0.3, -0.25) is 4.57 Å². The van der Waals surface area contributed by atoms with Crippen molar-refractivity contribution in [3.63, 3.8) is 0 Å². The minimum atomic E-state index is -0.133. The number of rotatable bonds is 3. The maximum absolute atomic E-state index is 11.5. The minimum Gasteiger partial charge on any atom is -0.376 e. The molecule has 0 aromatic carbocycles. The lowest BCUT2D eigenvalue weighted by atomic mass is 9.99. The molecular weight excluding hydrogens is 194 g/mol. The predicted octanol–water partition coefficient (Wildman–Crippen LogP) is 1.09. The number of aromatic amines is 1. The zero-order chi connectivity index (χ0) is 10.7. The average molecular weight is 211 g/mol. The molecule has 0 aliphatic carbocycles. The number of hydrogen-bond acceptors (Lipinski definition) is 3. The summed E-state index contributed by atoms with van der Waals surface area (Å²) in [6.07, 6.45) is 5.84. The number of ether oxygens (including phenoxy) is 1. The third kappa shape index (κ3) is 2.12. The van der Waals surface area contributed by atoms with Gasteiger partial charge in [-0.25, -0.2) is 9.89 Å². The van der Waals surface area contributed by atoms with Gasteiger partial charge in [0.05, 0.1) is 12.1 Å². The SMILES string of the molecule is CCCC1OCCCC1n1cn[nH]c1=O. The summed E-state index contributed by atoms with van der Waals surface area (Å²) in [5.74, 6) is 0. The Morgan fingerprint density at radius 1 is 1.73 bits per heavy atom. The third-order valence-electron chi connectivity index (χ3n) is 2.91. The first-order valence-corrected chi connectivity index (χ1v) is 5.56. The second-order valence-electron chi connectivity index (χ2n) is 3.98. The van der Waals surface area contributed by atoms with Crippen molar-refractivity contribution in [3.8, 4) is 0 Å². The van der Waals surface area contributed by atoms with E-state index < -0.39 is 0 Å². The van der Waals surface area contributed by atoms with Crippen LogP contribution < -0.4 is 5.69 Å². The summed E-state index contributed by atoms with van der Waals surface area (Å²) >= 11 is 0. The Hall–Kier alpha value is -1.10. The molecule has 0 radical (unpaired) electrons. The summed E-state index contributed by atoms with van der Waals surface area (Å²) in [6, 6.07) is 0.157. The van der Waals surface area contributed by atoms with Crippen LogP contribution in [0.5, 0.6) is 0 Å². The molecule has 1 aromatic heterocycles. The summed E-state index contributed by atoms with van der Waals surface area (Å²) < 4.78 is 7.37. The van der Waals surface area contributed by atoms with Crippen LogP contribution in [-0.4, -0.2) is 27.5 Å². The molecule has 5 nitrogen and oxygen atoms in total. The highest BCUT2D eigenvalue weighted by Crippen LogP contribution is 2.27. The molecule has 1 aliphatic rings. The Bertz CT molecular complexity index is 356. The van der Waals surface area contributed by atoms with Crippen molar-refractivity contribution in [2.24, 2.45) is 0 Å². The molecule has 0 saturated carbocycles. The van der Waals surface area contributed by atoms with Crippen LogP contribution in [0.4, 0.5) is 0 Å². The van der Waals surface area contributed by atoms with Gasteiger partial charge >= 0.3 is 5.69 Å². The lowest BCUT2D eigenvalue weighted by Gasteiger charge is -2.31. The van der Waals surface area contributed by atoms with Crippen molar-refractivity contribution in [1.82, 2.24) is 14.8 Å². The Morgan fingerprint density at radius 2 is 2.60 bits per heavy atom. The Balaban J connectivity index is 2.17. The molecule has 1 N–H and O–H groups in total. The fourth-order valence-electron chi connectivity index (χ4n) is 2.20. The highest BCUT2D eigenvalue weighted by molar-refractivity contribution is 4.82. The lowest BCUT2D eigenvalue weighted by Crippen LogP contribution is -2.35. The van der Waals surface area contributed by atoms with Gasteiger partial charge in [-0.1, -0.05) is 13.3 Å². The molecule has 2 unspecified atom stereocenters. The van der Waals surface area contributed by atoms with E-state index in [0.29, 0.717) is 0 Å². The van der Waals surface area contributed by atoms with Crippen LogP contribution >= 0.6 is 0 Å². The summed E-state index contributed by atoms with van der Waals surface area (Å²) in [7, 11) is 0. The maximum atomic E-state index is 11.5. The van der Waals surface area contributed by atoms with E-state index in [1.807, 2.05) is 0 Å². The van der Waals surface area contributed by atoms with E-state index in [4.69, 9.17) is 4.74 Å². The van der Waals surface area contributed by atoms with Crippen LogP contribution in [0.1, 0.15) is 38.6 Å². The zero-order valence-corrected chi connectivity index (χ0v) is 8.98. The van der Waals surface area contributed by atoms with Crippen LogP contribution in [0.3, 0.4) is 0 Å². The topological polar surface area (TPSA) is 59.9 Å². The fourth-order valence-corrected chi connectivity index (χ4v) is 2.20. The van der Waals surface area contributed by atoms with Gasteiger partial charge in [-0.05, 0) is 19.3 Å². The lowest BCUT2D eigenvalue weighted by molar-refractivity contribution is -0.0265. The molecule has 2 heterocycles. The molecule has 1 fully saturated rings. The van der Waals surface area contributed by atoms with Crippen LogP contribution in [0.2, 0.25) is 0 Å². The fraction of sp³-hybridized carbons (Fsp3) is 0.800. The van der Waals surface area contributed by atoms with Crippen LogP contribution in [0.15, 0.2) is 11.1 Å². The number of nitrogens with one attached hydrogen (secondary N) is 1. The molecule has 84 valence electrons. The number of aromatic nitrogens is 3. The van der Waals surface area contributed by atoms with Gasteiger partial charge in [0.15, 0.2) is 0 Å². The summed E-state index contributed by atoms with van der Waals surface area (Å²) in [5.41, 5.74) is -0.133. The van der Waals surface area contributed by atoms with E-state index in [2.05, 4.69) is 17.1 Å². The minimum absolute atomic E-state index is 0.133. The van der Waals surface area contributed by atoms with Crippen molar-refractivity contribution >= 4 is 0 Å². The second kappa shape index (κ2) is 4.61. The molecule has 0 spiro atoms. The van der Waals surface area contributed by atoms with Gasteiger partial charge < -0.3 is 4.74 Å².